The Labute approximate surface area is 132 Å². The van der Waals surface area contributed by atoms with Gasteiger partial charge >= 0.3 is 5.97 Å². The standard InChI is InChI=1S/C19H14O4/c20-17(14-7-2-1-3-8-14)12-23-19(22)16-11-10-13-6-4-5-9-15(13)18(16)21/h1-11,21H,12H2. The summed E-state index contributed by atoms with van der Waals surface area (Å²) in [4.78, 5) is 24.0. The second kappa shape index (κ2) is 6.32. The minimum absolute atomic E-state index is 0.0459. The first-order valence-corrected chi connectivity index (χ1v) is 7.13. The van der Waals surface area contributed by atoms with Gasteiger partial charge in [0.25, 0.3) is 0 Å². The lowest BCUT2D eigenvalue weighted by Gasteiger charge is -2.08. The van der Waals surface area contributed by atoms with E-state index in [4.69, 9.17) is 4.74 Å². The largest absolute Gasteiger partial charge is 0.506 e. The number of fused-ring (bicyclic) bond motifs is 1. The first kappa shape index (κ1) is 14.8. The molecule has 0 saturated heterocycles. The van der Waals surface area contributed by atoms with E-state index in [9.17, 15) is 14.7 Å². The molecular weight excluding hydrogens is 292 g/mol. The molecule has 0 amide bonds. The number of aromatic hydroxyl groups is 1. The van der Waals surface area contributed by atoms with Crippen LogP contribution in [0.1, 0.15) is 20.7 Å². The van der Waals surface area contributed by atoms with Crippen LogP contribution in [0.5, 0.6) is 5.75 Å². The van der Waals surface area contributed by atoms with E-state index in [2.05, 4.69) is 0 Å². The second-order valence-electron chi connectivity index (χ2n) is 5.05. The van der Waals surface area contributed by atoms with Gasteiger partial charge in [-0.05, 0) is 11.5 Å². The Morgan fingerprint density at radius 3 is 2.35 bits per heavy atom. The Morgan fingerprint density at radius 1 is 0.870 bits per heavy atom. The van der Waals surface area contributed by atoms with Crippen molar-refractivity contribution in [1.29, 1.82) is 0 Å². The third kappa shape index (κ3) is 3.06. The number of ketones is 1. The molecule has 3 aromatic rings. The van der Waals surface area contributed by atoms with Gasteiger partial charge in [0, 0.05) is 10.9 Å². The number of carbonyl (C=O) groups is 2. The summed E-state index contributed by atoms with van der Waals surface area (Å²) in [6, 6.07) is 19.0. The van der Waals surface area contributed by atoms with Crippen molar-refractivity contribution in [3.63, 3.8) is 0 Å². The molecular formula is C19H14O4. The van der Waals surface area contributed by atoms with E-state index in [0.717, 1.165) is 5.39 Å². The van der Waals surface area contributed by atoms with Crippen LogP contribution in [0.2, 0.25) is 0 Å². The lowest BCUT2D eigenvalue weighted by atomic mass is 10.1. The zero-order chi connectivity index (χ0) is 16.2. The molecule has 0 heterocycles. The predicted octanol–water partition coefficient (Wildman–Crippen LogP) is 3.59. The molecule has 0 aliphatic rings. The van der Waals surface area contributed by atoms with Crippen LogP contribution in [0.4, 0.5) is 0 Å². The molecule has 0 saturated carbocycles. The van der Waals surface area contributed by atoms with Crippen LogP contribution in [0.3, 0.4) is 0 Å². The Hall–Kier alpha value is -3.14. The van der Waals surface area contributed by atoms with E-state index in [0.29, 0.717) is 10.9 Å². The highest BCUT2D eigenvalue weighted by atomic mass is 16.5. The molecule has 23 heavy (non-hydrogen) atoms. The molecule has 0 aliphatic carbocycles. The number of phenols is 1. The Kier molecular flexibility index (Phi) is 4.06. The van der Waals surface area contributed by atoms with Crippen molar-refractivity contribution in [2.75, 3.05) is 6.61 Å². The molecule has 3 aromatic carbocycles. The molecule has 4 heteroatoms. The first-order chi connectivity index (χ1) is 11.2. The summed E-state index contributed by atoms with van der Waals surface area (Å²) in [6.45, 7) is -0.366. The molecule has 114 valence electrons. The van der Waals surface area contributed by atoms with Crippen molar-refractivity contribution in [3.05, 3.63) is 77.9 Å². The van der Waals surface area contributed by atoms with Gasteiger partial charge in [-0.25, -0.2) is 4.79 Å². The Morgan fingerprint density at radius 2 is 1.57 bits per heavy atom. The molecule has 0 spiro atoms. The predicted molar refractivity (Wildman–Crippen MR) is 86.7 cm³/mol. The highest BCUT2D eigenvalue weighted by molar-refractivity contribution is 6.03. The number of benzene rings is 3. The van der Waals surface area contributed by atoms with E-state index >= 15 is 0 Å². The van der Waals surface area contributed by atoms with Crippen LogP contribution >= 0.6 is 0 Å². The number of ether oxygens (including phenoxy) is 1. The van der Waals surface area contributed by atoms with Crippen molar-refractivity contribution in [1.82, 2.24) is 0 Å². The maximum atomic E-state index is 12.1. The van der Waals surface area contributed by atoms with Crippen LogP contribution < -0.4 is 0 Å². The summed E-state index contributed by atoms with van der Waals surface area (Å²) in [5.74, 6) is -1.16. The summed E-state index contributed by atoms with van der Waals surface area (Å²) in [6.07, 6.45) is 0. The number of phenolic OH excluding ortho intramolecular Hbond substituents is 1. The van der Waals surface area contributed by atoms with Gasteiger partial charge in [-0.2, -0.15) is 0 Å². The maximum absolute atomic E-state index is 12.1. The summed E-state index contributed by atoms with van der Waals surface area (Å²) in [5, 5.41) is 11.6. The summed E-state index contributed by atoms with van der Waals surface area (Å²) < 4.78 is 5.03. The van der Waals surface area contributed by atoms with E-state index in [1.165, 1.54) is 6.07 Å². The van der Waals surface area contributed by atoms with Gasteiger partial charge in [0.15, 0.2) is 12.4 Å². The van der Waals surface area contributed by atoms with Gasteiger partial charge in [0.1, 0.15) is 11.3 Å². The van der Waals surface area contributed by atoms with Gasteiger partial charge in [-0.1, -0.05) is 60.7 Å². The number of carbonyl (C=O) groups excluding carboxylic acids is 2. The lowest BCUT2D eigenvalue weighted by molar-refractivity contribution is 0.0472. The normalized spacial score (nSPS) is 10.4. The van der Waals surface area contributed by atoms with E-state index in [1.807, 2.05) is 12.1 Å². The molecule has 4 nitrogen and oxygen atoms in total. The lowest BCUT2D eigenvalue weighted by Crippen LogP contribution is -2.14. The quantitative estimate of drug-likeness (QED) is 0.591. The fourth-order valence-electron chi connectivity index (χ4n) is 2.34. The number of rotatable bonds is 4. The fraction of sp³-hybridized carbons (Fsp3) is 0.0526. The van der Waals surface area contributed by atoms with Gasteiger partial charge in [0.05, 0.1) is 0 Å². The molecule has 0 radical (unpaired) electrons. The van der Waals surface area contributed by atoms with Crippen LogP contribution in [-0.2, 0) is 4.74 Å². The van der Waals surface area contributed by atoms with Crippen LogP contribution in [0.25, 0.3) is 10.8 Å². The van der Waals surface area contributed by atoms with Crippen LogP contribution in [0, 0.1) is 0 Å². The SMILES string of the molecule is O=C(COC(=O)c1ccc2ccccc2c1O)c1ccccc1. The van der Waals surface area contributed by atoms with Gasteiger partial charge in [0.2, 0.25) is 0 Å². The van der Waals surface area contributed by atoms with Crippen molar-refractivity contribution in [3.8, 4) is 5.75 Å². The van der Waals surface area contributed by atoms with E-state index in [-0.39, 0.29) is 23.7 Å². The van der Waals surface area contributed by atoms with E-state index in [1.54, 1.807) is 48.5 Å². The molecule has 0 bridgehead atoms. The Balaban J connectivity index is 1.76. The van der Waals surface area contributed by atoms with Gasteiger partial charge < -0.3 is 9.84 Å². The molecule has 0 fully saturated rings. The third-order valence-electron chi connectivity index (χ3n) is 3.55. The smallest absolute Gasteiger partial charge is 0.342 e. The van der Waals surface area contributed by atoms with Gasteiger partial charge in [-0.3, -0.25) is 4.79 Å². The topological polar surface area (TPSA) is 63.6 Å². The summed E-state index contributed by atoms with van der Waals surface area (Å²) in [5.41, 5.74) is 0.521. The summed E-state index contributed by atoms with van der Waals surface area (Å²) >= 11 is 0. The minimum Gasteiger partial charge on any atom is -0.506 e. The summed E-state index contributed by atoms with van der Waals surface area (Å²) in [7, 11) is 0. The highest BCUT2D eigenvalue weighted by Gasteiger charge is 2.16. The number of esters is 1. The first-order valence-electron chi connectivity index (χ1n) is 7.13. The number of hydrogen-bond donors (Lipinski definition) is 1. The number of hydrogen-bond acceptors (Lipinski definition) is 4. The van der Waals surface area contributed by atoms with Crippen molar-refractivity contribution < 1.29 is 19.4 Å². The average molecular weight is 306 g/mol. The molecule has 0 aromatic heterocycles. The highest BCUT2D eigenvalue weighted by Crippen LogP contribution is 2.28. The van der Waals surface area contributed by atoms with E-state index < -0.39 is 5.97 Å². The average Bonchev–Trinajstić information content (AvgIpc) is 2.60. The zero-order valence-electron chi connectivity index (χ0n) is 12.2. The molecule has 0 unspecified atom stereocenters. The molecule has 0 aliphatic heterocycles. The van der Waals surface area contributed by atoms with Crippen molar-refractivity contribution >= 4 is 22.5 Å². The third-order valence-corrected chi connectivity index (χ3v) is 3.55. The van der Waals surface area contributed by atoms with Crippen molar-refractivity contribution in [2.45, 2.75) is 0 Å². The fourth-order valence-corrected chi connectivity index (χ4v) is 2.34. The van der Waals surface area contributed by atoms with Crippen LogP contribution in [0.15, 0.2) is 66.7 Å². The molecule has 1 N–H and O–H groups in total. The Bertz CT molecular complexity index is 869. The zero-order valence-corrected chi connectivity index (χ0v) is 12.2. The van der Waals surface area contributed by atoms with Crippen molar-refractivity contribution in [2.24, 2.45) is 0 Å². The molecule has 0 atom stereocenters. The monoisotopic (exact) mass is 306 g/mol. The van der Waals surface area contributed by atoms with Crippen LogP contribution in [-0.4, -0.2) is 23.5 Å². The number of Topliss-reactive ketones (excluding diaryl/α,β-unsaturated/α-hetero) is 1. The maximum Gasteiger partial charge on any atom is 0.342 e. The second-order valence-corrected chi connectivity index (χ2v) is 5.05. The van der Waals surface area contributed by atoms with Gasteiger partial charge in [-0.15, -0.1) is 0 Å². The molecule has 3 rings (SSSR count). The minimum atomic E-state index is -0.725.